The van der Waals surface area contributed by atoms with Crippen LogP contribution < -0.4 is 0 Å². The molecule has 2 heteroatoms. The molecule has 0 aliphatic carbocycles. The van der Waals surface area contributed by atoms with E-state index in [9.17, 15) is 0 Å². The first kappa shape index (κ1) is 15.5. The number of hydrogen-bond acceptors (Lipinski definition) is 0. The molecule has 0 aromatic carbocycles. The summed E-state index contributed by atoms with van der Waals surface area (Å²) in [6.45, 7) is 4.70. The molecule has 0 amide bonds. The van der Waals surface area contributed by atoms with Crippen molar-refractivity contribution in [2.75, 3.05) is 0 Å². The van der Waals surface area contributed by atoms with E-state index in [0.717, 1.165) is 4.05 Å². The molecule has 0 fully saturated rings. The van der Waals surface area contributed by atoms with E-state index < -0.39 is 0 Å². The smallest absolute Gasteiger partial charge is 0.157 e. The number of unbranched alkanes of at least 4 members (excludes halogenated alkanes) is 4. The van der Waals surface area contributed by atoms with E-state index in [4.69, 9.17) is 0 Å². The van der Waals surface area contributed by atoms with Gasteiger partial charge < -0.3 is 0 Å². The molecule has 0 nitrogen and oxygen atoms in total. The summed E-state index contributed by atoms with van der Waals surface area (Å²) in [5, 5.41) is 2.43. The highest BCUT2D eigenvalue weighted by molar-refractivity contribution is 6.35. The maximum Gasteiger partial charge on any atom is 0.364 e. The summed E-state index contributed by atoms with van der Waals surface area (Å²) in [7, 11) is 0. The minimum absolute atomic E-state index is 0. The Morgan fingerprint density at radius 2 is 1.67 bits per heavy atom. The lowest BCUT2D eigenvalue weighted by molar-refractivity contribution is 0.600. The predicted octanol–water partition coefficient (Wildman–Crippen LogP) is 4.33. The van der Waals surface area contributed by atoms with Gasteiger partial charge in [0.15, 0.2) is 0 Å². The van der Waals surface area contributed by atoms with Crippen LogP contribution in [0.5, 0.6) is 0 Å². The summed E-state index contributed by atoms with van der Waals surface area (Å²) in [5.74, 6) is 0. The van der Waals surface area contributed by atoms with Crippen LogP contribution in [-0.4, -0.2) is 20.4 Å². The quantitative estimate of drug-likeness (QED) is 0.426. The normalized spacial score (nSPS) is 11.6. The fourth-order valence-corrected chi connectivity index (χ4v) is 2.00. The van der Waals surface area contributed by atoms with Crippen molar-refractivity contribution >= 4 is 32.8 Å². The second-order valence-corrected chi connectivity index (χ2v) is 5.93. The van der Waals surface area contributed by atoms with E-state index in [2.05, 4.69) is 18.9 Å². The minimum atomic E-state index is 0. The monoisotopic (exact) mass is 202 g/mol. The molecule has 0 saturated heterocycles. The van der Waals surface area contributed by atoms with Crippen molar-refractivity contribution in [3.8, 4) is 0 Å². The lowest BCUT2D eigenvalue weighted by Gasteiger charge is -2.06. The van der Waals surface area contributed by atoms with Gasteiger partial charge in [0.1, 0.15) is 0 Å². The van der Waals surface area contributed by atoms with Gasteiger partial charge in [0.05, 0.1) is 0 Å². The molecule has 0 heterocycles. The number of rotatable bonds is 7. The van der Waals surface area contributed by atoms with Crippen LogP contribution in [0.1, 0.15) is 52.4 Å². The lowest BCUT2D eigenvalue weighted by Crippen LogP contribution is -1.93. The Kier molecular flexibility index (Phi) is 15.6. The van der Waals surface area contributed by atoms with Crippen LogP contribution in [0.2, 0.25) is 9.10 Å². The maximum absolute atomic E-state index is 2.43. The Morgan fingerprint density at radius 1 is 1.08 bits per heavy atom. The molecule has 1 atom stereocenters. The molecule has 0 saturated carbocycles. The van der Waals surface area contributed by atoms with Crippen LogP contribution in [0, 0.1) is 0 Å². The largest absolute Gasteiger partial charge is 0.364 e. The van der Waals surface area contributed by atoms with Crippen LogP contribution in [0.4, 0.5) is 0 Å². The van der Waals surface area contributed by atoms with Crippen LogP contribution in [0.25, 0.3) is 0 Å². The Balaban J connectivity index is 0. The zero-order valence-corrected chi connectivity index (χ0v) is 11.2. The van der Waals surface area contributed by atoms with Gasteiger partial charge in [-0.3, -0.25) is 0 Å². The summed E-state index contributed by atoms with van der Waals surface area (Å²) >= 11 is 0.299. The first-order valence-corrected chi connectivity index (χ1v) is 7.54. The second kappa shape index (κ2) is 12.1. The first-order chi connectivity index (χ1) is 5.31. The van der Waals surface area contributed by atoms with Crippen molar-refractivity contribution in [3.63, 3.8) is 0 Å². The van der Waals surface area contributed by atoms with E-state index in [-0.39, 0.29) is 12.4 Å². The predicted molar refractivity (Wildman–Crippen MR) is 61.7 cm³/mol. The third-order valence-corrected chi connectivity index (χ3v) is 4.30. The van der Waals surface area contributed by atoms with E-state index in [0.29, 0.717) is 20.4 Å². The van der Waals surface area contributed by atoms with Crippen LogP contribution in [-0.2, 0) is 0 Å². The fourth-order valence-electron chi connectivity index (χ4n) is 1.30. The molecule has 0 radical (unpaired) electrons. The molecule has 12 heavy (non-hydrogen) atoms. The van der Waals surface area contributed by atoms with Crippen LogP contribution in [0.3, 0.4) is 0 Å². The van der Waals surface area contributed by atoms with E-state index in [1.165, 1.54) is 38.5 Å². The average molecular weight is 203 g/mol. The van der Waals surface area contributed by atoms with Gasteiger partial charge in [0.25, 0.3) is 0 Å². The third-order valence-electron chi connectivity index (χ3n) is 2.50. The van der Waals surface area contributed by atoms with Crippen LogP contribution in [0.15, 0.2) is 0 Å². The molecule has 0 aromatic heterocycles. The Bertz CT molecular complexity index is 76.2. The highest BCUT2D eigenvalue weighted by Crippen LogP contribution is 2.14. The summed E-state index contributed by atoms with van der Waals surface area (Å²) < 4.78 is 1.09. The van der Waals surface area contributed by atoms with Crippen molar-refractivity contribution in [2.24, 2.45) is 0 Å². The third kappa shape index (κ3) is 11.1. The zero-order valence-electron chi connectivity index (χ0n) is 8.94. The zero-order chi connectivity index (χ0) is 8.53. The van der Waals surface area contributed by atoms with Gasteiger partial charge >= 0.3 is 20.4 Å². The molecule has 0 spiro atoms. The van der Waals surface area contributed by atoms with Gasteiger partial charge in [0, 0.05) is 0 Å². The highest BCUT2D eigenvalue weighted by Gasteiger charge is 2.00. The fraction of sp³-hybridized carbons (Fsp3) is 1.00. The Morgan fingerprint density at radius 3 is 2.17 bits per heavy atom. The molecule has 0 aliphatic rings. The highest BCUT2D eigenvalue weighted by atomic mass is 35.5. The number of halogens is 1. The topological polar surface area (TPSA) is 0 Å². The summed E-state index contributed by atoms with van der Waals surface area (Å²) in [6.07, 6.45) is 8.76. The minimum Gasteiger partial charge on any atom is -0.157 e. The van der Waals surface area contributed by atoms with Gasteiger partial charge in [-0.15, -0.1) is 16.5 Å². The maximum atomic E-state index is 2.43. The molecule has 0 aromatic rings. The first-order valence-electron chi connectivity index (χ1n) is 5.31. The van der Waals surface area contributed by atoms with Gasteiger partial charge in [-0.25, -0.2) is 0 Å². The standard InChI is InChI=1S/C9H19.CH3.ClH.Mg/c1-3-5-7-9-8-6-4-2;;;/h3H,4-9H2,1-2H3;1H3;1H;. The van der Waals surface area contributed by atoms with E-state index in [1.807, 2.05) is 0 Å². The molecule has 1 unspecified atom stereocenters. The second-order valence-electron chi connectivity index (χ2n) is 3.72. The molecule has 0 rings (SSSR count). The van der Waals surface area contributed by atoms with Crippen molar-refractivity contribution in [1.29, 1.82) is 0 Å². The molecule has 0 N–H and O–H groups in total. The molecular weight excluding hydrogens is 180 g/mol. The number of hydrogen-bond donors (Lipinski definition) is 0. The summed E-state index contributed by atoms with van der Waals surface area (Å²) in [4.78, 5) is 0. The van der Waals surface area contributed by atoms with E-state index >= 15 is 0 Å². The van der Waals surface area contributed by atoms with Gasteiger partial charge in [-0.05, 0) is 0 Å². The van der Waals surface area contributed by atoms with Crippen molar-refractivity contribution < 1.29 is 0 Å². The molecule has 72 valence electrons. The van der Waals surface area contributed by atoms with Crippen molar-refractivity contribution in [3.05, 3.63) is 0 Å². The van der Waals surface area contributed by atoms with Crippen molar-refractivity contribution in [1.82, 2.24) is 0 Å². The van der Waals surface area contributed by atoms with Crippen molar-refractivity contribution in [2.45, 2.75) is 61.5 Å². The Hall–Kier alpha value is 1.06. The molecular formula is C10H23ClMg. The summed E-state index contributed by atoms with van der Waals surface area (Å²) in [6, 6.07) is 0. The summed E-state index contributed by atoms with van der Waals surface area (Å²) in [5.41, 5.74) is 0. The van der Waals surface area contributed by atoms with Gasteiger partial charge in [0.2, 0.25) is 0 Å². The van der Waals surface area contributed by atoms with Gasteiger partial charge in [-0.1, -0.05) is 52.4 Å². The van der Waals surface area contributed by atoms with Crippen LogP contribution >= 0.6 is 12.4 Å². The SMILES string of the molecule is CCCCCCC[CH](C)[Mg][CH3].Cl. The van der Waals surface area contributed by atoms with E-state index in [1.54, 1.807) is 0 Å². The van der Waals surface area contributed by atoms with Gasteiger partial charge in [-0.2, -0.15) is 5.05 Å². The Labute approximate surface area is 94.0 Å². The molecule has 0 aliphatic heterocycles. The average Bonchev–Trinajstić information content (AvgIpc) is 2.04. The lowest BCUT2D eigenvalue weighted by atomic mass is 10.1. The molecule has 0 bridgehead atoms.